The summed E-state index contributed by atoms with van der Waals surface area (Å²) in [4.78, 5) is 11.1. The van der Waals surface area contributed by atoms with Gasteiger partial charge < -0.3 is 5.11 Å². The molecule has 0 saturated heterocycles. The van der Waals surface area contributed by atoms with Crippen LogP contribution in [-0.2, 0) is 4.79 Å². The molecule has 5 heteroatoms. The molecule has 0 amide bonds. The second kappa shape index (κ2) is 4.19. The van der Waals surface area contributed by atoms with Crippen LogP contribution in [0.25, 0.3) is 0 Å². The van der Waals surface area contributed by atoms with Crippen molar-refractivity contribution >= 4 is 33.2 Å². The van der Waals surface area contributed by atoms with E-state index in [1.54, 1.807) is 18.4 Å². The van der Waals surface area contributed by atoms with E-state index in [4.69, 9.17) is 5.11 Å². The van der Waals surface area contributed by atoms with E-state index in [2.05, 4.69) is 15.9 Å². The number of carbonyl (C=O) groups is 1. The number of aliphatic carboxylic acids is 1. The number of thiophene rings is 1. The Kier molecular flexibility index (Phi) is 3.44. The SMILES string of the molecule is CC(c1cc(Br)cs1)C(F)C(=O)O. The molecule has 0 aliphatic heterocycles. The molecule has 1 heterocycles. The highest BCUT2D eigenvalue weighted by Crippen LogP contribution is 2.30. The van der Waals surface area contributed by atoms with Crippen molar-refractivity contribution in [3.63, 3.8) is 0 Å². The zero-order chi connectivity index (χ0) is 10.0. The van der Waals surface area contributed by atoms with Crippen molar-refractivity contribution in [1.29, 1.82) is 0 Å². The Hall–Kier alpha value is -0.420. The number of hydrogen-bond donors (Lipinski definition) is 1. The molecule has 0 fully saturated rings. The standard InChI is InChI=1S/C8H8BrFO2S/c1-4(7(10)8(11)12)6-2-5(9)3-13-6/h2-4,7H,1H3,(H,11,12). The van der Waals surface area contributed by atoms with Gasteiger partial charge in [0, 0.05) is 20.6 Å². The molecule has 2 unspecified atom stereocenters. The van der Waals surface area contributed by atoms with Gasteiger partial charge in [0.2, 0.25) is 6.17 Å². The number of rotatable bonds is 3. The number of alkyl halides is 1. The largest absolute Gasteiger partial charge is 0.479 e. The summed E-state index contributed by atoms with van der Waals surface area (Å²) in [6.45, 7) is 1.57. The van der Waals surface area contributed by atoms with Crippen molar-refractivity contribution in [1.82, 2.24) is 0 Å². The summed E-state index contributed by atoms with van der Waals surface area (Å²) in [5.74, 6) is -1.99. The number of carboxylic acid groups (broad SMARTS) is 1. The van der Waals surface area contributed by atoms with Crippen molar-refractivity contribution < 1.29 is 14.3 Å². The van der Waals surface area contributed by atoms with Gasteiger partial charge in [-0.3, -0.25) is 0 Å². The molecular formula is C8H8BrFO2S. The molecule has 72 valence electrons. The maximum absolute atomic E-state index is 13.0. The lowest BCUT2D eigenvalue weighted by atomic mass is 10.0. The smallest absolute Gasteiger partial charge is 0.338 e. The molecule has 0 spiro atoms. The maximum Gasteiger partial charge on any atom is 0.338 e. The van der Waals surface area contributed by atoms with Gasteiger partial charge in [-0.2, -0.15) is 0 Å². The van der Waals surface area contributed by atoms with Crippen molar-refractivity contribution in [3.8, 4) is 0 Å². The molecule has 0 saturated carbocycles. The Morgan fingerprint density at radius 3 is 2.77 bits per heavy atom. The Morgan fingerprint density at radius 1 is 1.77 bits per heavy atom. The summed E-state index contributed by atoms with van der Waals surface area (Å²) in [7, 11) is 0. The Balaban J connectivity index is 2.78. The van der Waals surface area contributed by atoms with Gasteiger partial charge in [0.15, 0.2) is 0 Å². The molecule has 2 atom stereocenters. The van der Waals surface area contributed by atoms with Gasteiger partial charge in [0.1, 0.15) is 0 Å². The molecule has 0 aliphatic rings. The van der Waals surface area contributed by atoms with Crippen LogP contribution >= 0.6 is 27.3 Å². The van der Waals surface area contributed by atoms with E-state index < -0.39 is 18.1 Å². The Morgan fingerprint density at radius 2 is 2.38 bits per heavy atom. The third-order valence-corrected chi connectivity index (χ3v) is 3.61. The van der Waals surface area contributed by atoms with Crippen molar-refractivity contribution in [3.05, 3.63) is 20.8 Å². The summed E-state index contributed by atoms with van der Waals surface area (Å²) in [6, 6.07) is 1.74. The molecule has 0 radical (unpaired) electrons. The highest BCUT2D eigenvalue weighted by atomic mass is 79.9. The molecule has 0 aromatic carbocycles. The first-order valence-electron chi connectivity index (χ1n) is 3.63. The van der Waals surface area contributed by atoms with Gasteiger partial charge in [-0.25, -0.2) is 9.18 Å². The molecule has 0 aliphatic carbocycles. The third-order valence-electron chi connectivity index (χ3n) is 1.71. The van der Waals surface area contributed by atoms with E-state index in [1.165, 1.54) is 11.3 Å². The van der Waals surface area contributed by atoms with Crippen molar-refractivity contribution in [2.75, 3.05) is 0 Å². The van der Waals surface area contributed by atoms with Crippen LogP contribution in [0.15, 0.2) is 15.9 Å². The van der Waals surface area contributed by atoms with Crippen molar-refractivity contribution in [2.24, 2.45) is 0 Å². The number of carboxylic acids is 1. The monoisotopic (exact) mass is 266 g/mol. The molecule has 1 aromatic rings. The van der Waals surface area contributed by atoms with Crippen LogP contribution in [0.2, 0.25) is 0 Å². The molecule has 2 nitrogen and oxygen atoms in total. The number of hydrogen-bond acceptors (Lipinski definition) is 2. The predicted octanol–water partition coefficient (Wildman–Crippen LogP) is 3.04. The highest BCUT2D eigenvalue weighted by Gasteiger charge is 2.26. The van der Waals surface area contributed by atoms with Gasteiger partial charge in [0.05, 0.1) is 0 Å². The van der Waals surface area contributed by atoms with Gasteiger partial charge >= 0.3 is 5.97 Å². The fourth-order valence-electron chi connectivity index (χ4n) is 0.925. The van der Waals surface area contributed by atoms with Crippen LogP contribution in [0.3, 0.4) is 0 Å². The third kappa shape index (κ3) is 2.51. The Labute approximate surface area is 87.5 Å². The van der Waals surface area contributed by atoms with Gasteiger partial charge in [-0.1, -0.05) is 6.92 Å². The van der Waals surface area contributed by atoms with Crippen LogP contribution in [0.1, 0.15) is 17.7 Å². The molecule has 1 N–H and O–H groups in total. The zero-order valence-corrected chi connectivity index (χ0v) is 9.23. The van der Waals surface area contributed by atoms with Crippen LogP contribution in [0, 0.1) is 0 Å². The molecule has 1 aromatic heterocycles. The topological polar surface area (TPSA) is 37.3 Å². The molecular weight excluding hydrogens is 259 g/mol. The van der Waals surface area contributed by atoms with Gasteiger partial charge in [-0.15, -0.1) is 11.3 Å². The second-order valence-corrected chi connectivity index (χ2v) is 4.55. The lowest BCUT2D eigenvalue weighted by Gasteiger charge is -2.09. The molecule has 0 bridgehead atoms. The van der Waals surface area contributed by atoms with E-state index in [-0.39, 0.29) is 0 Å². The van der Waals surface area contributed by atoms with E-state index in [1.807, 2.05) is 0 Å². The highest BCUT2D eigenvalue weighted by molar-refractivity contribution is 9.10. The molecule has 13 heavy (non-hydrogen) atoms. The average Bonchev–Trinajstić information content (AvgIpc) is 2.49. The summed E-state index contributed by atoms with van der Waals surface area (Å²) < 4.78 is 13.9. The first-order valence-corrected chi connectivity index (χ1v) is 5.30. The van der Waals surface area contributed by atoms with E-state index in [0.717, 1.165) is 9.35 Å². The average molecular weight is 267 g/mol. The van der Waals surface area contributed by atoms with E-state index in [0.29, 0.717) is 0 Å². The predicted molar refractivity (Wildman–Crippen MR) is 53.0 cm³/mol. The van der Waals surface area contributed by atoms with Crippen LogP contribution < -0.4 is 0 Å². The maximum atomic E-state index is 13.0. The second-order valence-electron chi connectivity index (χ2n) is 2.70. The molecule has 1 rings (SSSR count). The summed E-state index contributed by atoms with van der Waals surface area (Å²) in [5, 5.41) is 10.2. The van der Waals surface area contributed by atoms with Crippen LogP contribution in [0.5, 0.6) is 0 Å². The van der Waals surface area contributed by atoms with Crippen LogP contribution in [-0.4, -0.2) is 17.2 Å². The first-order chi connectivity index (χ1) is 6.02. The van der Waals surface area contributed by atoms with Gasteiger partial charge in [0.25, 0.3) is 0 Å². The number of halogens is 2. The lowest BCUT2D eigenvalue weighted by molar-refractivity contribution is -0.143. The fraction of sp³-hybridized carbons (Fsp3) is 0.375. The van der Waals surface area contributed by atoms with E-state index in [9.17, 15) is 9.18 Å². The summed E-state index contributed by atoms with van der Waals surface area (Å²) in [6.07, 6.45) is -1.83. The lowest BCUT2D eigenvalue weighted by Crippen LogP contribution is -2.20. The minimum absolute atomic E-state index is 0.589. The minimum atomic E-state index is -1.83. The zero-order valence-electron chi connectivity index (χ0n) is 6.83. The Bertz CT molecular complexity index is 313. The van der Waals surface area contributed by atoms with Gasteiger partial charge in [-0.05, 0) is 22.0 Å². The summed E-state index contributed by atoms with van der Waals surface area (Å²) in [5.41, 5.74) is 0. The fourth-order valence-corrected chi connectivity index (χ4v) is 2.45. The normalized spacial score (nSPS) is 15.3. The van der Waals surface area contributed by atoms with Crippen molar-refractivity contribution in [2.45, 2.75) is 19.0 Å². The quantitative estimate of drug-likeness (QED) is 0.913. The minimum Gasteiger partial charge on any atom is -0.479 e. The van der Waals surface area contributed by atoms with Crippen LogP contribution in [0.4, 0.5) is 4.39 Å². The summed E-state index contributed by atoms with van der Waals surface area (Å²) >= 11 is 4.58. The first kappa shape index (κ1) is 10.7. The van der Waals surface area contributed by atoms with E-state index >= 15 is 0 Å².